The van der Waals surface area contributed by atoms with Crippen molar-refractivity contribution in [2.75, 3.05) is 19.7 Å². The Morgan fingerprint density at radius 1 is 1.15 bits per heavy atom. The van der Waals surface area contributed by atoms with E-state index >= 15 is 0 Å². The van der Waals surface area contributed by atoms with Crippen molar-refractivity contribution in [3.63, 3.8) is 0 Å². The van der Waals surface area contributed by atoms with E-state index < -0.39 is 0 Å². The van der Waals surface area contributed by atoms with Crippen molar-refractivity contribution >= 4 is 17.3 Å². The number of benzene rings is 1. The van der Waals surface area contributed by atoms with Crippen molar-refractivity contribution in [1.29, 1.82) is 0 Å². The van der Waals surface area contributed by atoms with E-state index in [4.69, 9.17) is 4.74 Å². The van der Waals surface area contributed by atoms with E-state index in [1.165, 1.54) is 10.4 Å². The van der Waals surface area contributed by atoms with Crippen LogP contribution in [-0.2, 0) is 17.9 Å². The number of ether oxygens (including phenoxy) is 1. The number of aromatic nitrogens is 1. The second-order valence-corrected chi connectivity index (χ2v) is 7.40. The molecule has 142 valence electrons. The SMILES string of the molecule is CCNC(=NCc1nc(C)c(C)s1)NCCCCOCc1ccccc1. The van der Waals surface area contributed by atoms with Crippen molar-refractivity contribution in [2.24, 2.45) is 4.99 Å². The lowest BCUT2D eigenvalue weighted by Gasteiger charge is -2.11. The lowest BCUT2D eigenvalue weighted by molar-refractivity contribution is 0.117. The molecule has 1 heterocycles. The Hall–Kier alpha value is -1.92. The Kier molecular flexibility index (Phi) is 9.14. The van der Waals surface area contributed by atoms with Gasteiger partial charge in [-0.15, -0.1) is 11.3 Å². The summed E-state index contributed by atoms with van der Waals surface area (Å²) in [7, 11) is 0. The summed E-state index contributed by atoms with van der Waals surface area (Å²) in [5, 5.41) is 7.73. The van der Waals surface area contributed by atoms with Gasteiger partial charge in [-0.1, -0.05) is 30.3 Å². The topological polar surface area (TPSA) is 58.5 Å². The van der Waals surface area contributed by atoms with Crippen LogP contribution in [0.25, 0.3) is 0 Å². The number of unbranched alkanes of at least 4 members (excludes halogenated alkanes) is 1. The maximum atomic E-state index is 5.71. The molecule has 0 bridgehead atoms. The minimum Gasteiger partial charge on any atom is -0.377 e. The van der Waals surface area contributed by atoms with Crippen molar-refractivity contribution < 1.29 is 4.74 Å². The van der Waals surface area contributed by atoms with Crippen LogP contribution in [-0.4, -0.2) is 30.6 Å². The van der Waals surface area contributed by atoms with E-state index in [0.29, 0.717) is 13.2 Å². The van der Waals surface area contributed by atoms with Gasteiger partial charge in [0.25, 0.3) is 0 Å². The van der Waals surface area contributed by atoms with Crippen molar-refractivity contribution in [2.45, 2.75) is 46.8 Å². The van der Waals surface area contributed by atoms with Crippen LogP contribution in [0.4, 0.5) is 0 Å². The molecule has 0 spiro atoms. The maximum Gasteiger partial charge on any atom is 0.191 e. The molecule has 0 saturated carbocycles. The fraction of sp³-hybridized carbons (Fsp3) is 0.500. The highest BCUT2D eigenvalue weighted by atomic mass is 32.1. The zero-order valence-electron chi connectivity index (χ0n) is 16.0. The summed E-state index contributed by atoms with van der Waals surface area (Å²) in [6.07, 6.45) is 2.08. The van der Waals surface area contributed by atoms with Gasteiger partial charge in [-0.2, -0.15) is 0 Å². The molecular weight excluding hydrogens is 344 g/mol. The molecule has 0 saturated heterocycles. The summed E-state index contributed by atoms with van der Waals surface area (Å²) in [5.41, 5.74) is 2.33. The number of rotatable bonds is 10. The number of thiazole rings is 1. The summed E-state index contributed by atoms with van der Waals surface area (Å²) in [6.45, 7) is 10.0. The van der Waals surface area contributed by atoms with Crippen LogP contribution in [0.1, 0.15) is 40.9 Å². The van der Waals surface area contributed by atoms with E-state index in [1.54, 1.807) is 11.3 Å². The summed E-state index contributed by atoms with van der Waals surface area (Å²) in [6, 6.07) is 10.3. The zero-order valence-corrected chi connectivity index (χ0v) is 16.9. The van der Waals surface area contributed by atoms with Gasteiger partial charge in [0.05, 0.1) is 18.8 Å². The number of hydrogen-bond donors (Lipinski definition) is 2. The molecule has 0 aliphatic heterocycles. The summed E-state index contributed by atoms with van der Waals surface area (Å²) in [5.74, 6) is 0.850. The second kappa shape index (κ2) is 11.6. The Morgan fingerprint density at radius 3 is 2.65 bits per heavy atom. The average molecular weight is 375 g/mol. The first kappa shape index (κ1) is 20.4. The molecular formula is C20H30N4OS. The second-order valence-electron chi connectivity index (χ2n) is 6.12. The monoisotopic (exact) mass is 374 g/mol. The fourth-order valence-electron chi connectivity index (χ4n) is 2.40. The van der Waals surface area contributed by atoms with Gasteiger partial charge in [0.2, 0.25) is 0 Å². The van der Waals surface area contributed by atoms with Crippen molar-refractivity contribution in [3.05, 3.63) is 51.5 Å². The molecule has 0 unspecified atom stereocenters. The molecule has 1 aromatic heterocycles. The van der Waals surface area contributed by atoms with Crippen molar-refractivity contribution in [1.82, 2.24) is 15.6 Å². The molecule has 0 aliphatic rings. The fourth-order valence-corrected chi connectivity index (χ4v) is 3.25. The molecule has 2 N–H and O–H groups in total. The van der Waals surface area contributed by atoms with E-state index in [-0.39, 0.29) is 0 Å². The van der Waals surface area contributed by atoms with E-state index in [1.807, 2.05) is 25.1 Å². The van der Waals surface area contributed by atoms with Gasteiger partial charge in [-0.3, -0.25) is 0 Å². The normalized spacial score (nSPS) is 11.6. The molecule has 26 heavy (non-hydrogen) atoms. The van der Waals surface area contributed by atoms with Gasteiger partial charge in [-0.05, 0) is 39.2 Å². The van der Waals surface area contributed by atoms with Gasteiger partial charge in [0.15, 0.2) is 5.96 Å². The molecule has 5 nitrogen and oxygen atoms in total. The Balaban J connectivity index is 1.62. The number of aliphatic imine (C=N–C) groups is 1. The van der Waals surface area contributed by atoms with Crippen LogP contribution in [0.5, 0.6) is 0 Å². The lowest BCUT2D eigenvalue weighted by atomic mass is 10.2. The van der Waals surface area contributed by atoms with Crippen molar-refractivity contribution in [3.8, 4) is 0 Å². The first-order chi connectivity index (χ1) is 12.7. The third kappa shape index (κ3) is 7.54. The number of nitrogens with one attached hydrogen (secondary N) is 2. The van der Waals surface area contributed by atoms with Crippen LogP contribution in [0, 0.1) is 13.8 Å². The standard InChI is InChI=1S/C20H30N4OS/c1-4-21-20(23-14-19-24-16(2)17(3)26-19)22-12-8-9-13-25-15-18-10-6-5-7-11-18/h5-7,10-11H,4,8-9,12-15H2,1-3H3,(H2,21,22,23). The molecule has 0 amide bonds. The average Bonchev–Trinajstić information content (AvgIpc) is 2.97. The molecule has 0 atom stereocenters. The van der Waals surface area contributed by atoms with E-state index in [2.05, 4.69) is 46.6 Å². The quantitative estimate of drug-likeness (QED) is 0.377. The Bertz CT molecular complexity index is 650. The number of guanidine groups is 1. The summed E-state index contributed by atoms with van der Waals surface area (Å²) in [4.78, 5) is 10.4. The highest BCUT2D eigenvalue weighted by molar-refractivity contribution is 7.11. The minimum atomic E-state index is 0.620. The third-order valence-corrected chi connectivity index (χ3v) is 4.97. The third-order valence-electron chi connectivity index (χ3n) is 3.91. The highest BCUT2D eigenvalue weighted by Crippen LogP contribution is 2.16. The van der Waals surface area contributed by atoms with Gasteiger partial charge in [0.1, 0.15) is 5.01 Å². The predicted molar refractivity (Wildman–Crippen MR) is 110 cm³/mol. The maximum absolute atomic E-state index is 5.71. The lowest BCUT2D eigenvalue weighted by Crippen LogP contribution is -2.37. The zero-order chi connectivity index (χ0) is 18.6. The number of nitrogens with zero attached hydrogens (tertiary/aromatic N) is 2. The van der Waals surface area contributed by atoms with Gasteiger partial charge >= 0.3 is 0 Å². The molecule has 0 radical (unpaired) electrons. The van der Waals surface area contributed by atoms with Crippen LogP contribution >= 0.6 is 11.3 Å². The van der Waals surface area contributed by atoms with E-state index in [9.17, 15) is 0 Å². The highest BCUT2D eigenvalue weighted by Gasteiger charge is 2.03. The molecule has 1 aromatic carbocycles. The largest absolute Gasteiger partial charge is 0.377 e. The molecule has 2 aromatic rings. The van der Waals surface area contributed by atoms with E-state index in [0.717, 1.165) is 49.2 Å². The minimum absolute atomic E-state index is 0.620. The smallest absolute Gasteiger partial charge is 0.191 e. The Morgan fingerprint density at radius 2 is 1.96 bits per heavy atom. The molecule has 0 fully saturated rings. The number of aryl methyl sites for hydroxylation is 2. The van der Waals surface area contributed by atoms with Crippen LogP contribution in [0.3, 0.4) is 0 Å². The van der Waals surface area contributed by atoms with Gasteiger partial charge in [-0.25, -0.2) is 9.98 Å². The molecule has 0 aliphatic carbocycles. The van der Waals surface area contributed by atoms with Gasteiger partial charge < -0.3 is 15.4 Å². The first-order valence-corrected chi connectivity index (χ1v) is 10.1. The van der Waals surface area contributed by atoms with Crippen LogP contribution in [0.15, 0.2) is 35.3 Å². The number of hydrogen-bond acceptors (Lipinski definition) is 4. The van der Waals surface area contributed by atoms with Crippen LogP contribution < -0.4 is 10.6 Å². The van der Waals surface area contributed by atoms with Gasteiger partial charge in [0, 0.05) is 24.6 Å². The first-order valence-electron chi connectivity index (χ1n) is 9.25. The van der Waals surface area contributed by atoms with Crippen LogP contribution in [0.2, 0.25) is 0 Å². The predicted octanol–water partition coefficient (Wildman–Crippen LogP) is 3.81. The summed E-state index contributed by atoms with van der Waals surface area (Å²) < 4.78 is 5.71. The Labute approximate surface area is 160 Å². The molecule has 6 heteroatoms. The molecule has 2 rings (SSSR count). The summed E-state index contributed by atoms with van der Waals surface area (Å²) >= 11 is 1.72.